The van der Waals surface area contributed by atoms with E-state index in [1.807, 2.05) is 13.0 Å². The summed E-state index contributed by atoms with van der Waals surface area (Å²) in [5.74, 6) is -0.661. The summed E-state index contributed by atoms with van der Waals surface area (Å²) in [7, 11) is 0. The van der Waals surface area contributed by atoms with Crippen molar-refractivity contribution in [1.82, 2.24) is 4.90 Å². The number of rotatable bonds is 3. The summed E-state index contributed by atoms with van der Waals surface area (Å²) in [6, 6.07) is 5.38. The number of carbonyl (C=O) groups excluding carboxylic acids is 3. The Morgan fingerprint density at radius 3 is 2.96 bits per heavy atom. The first-order valence-electron chi connectivity index (χ1n) is 8.57. The smallest absolute Gasteiger partial charge is 0.310 e. The molecule has 2 aliphatic heterocycles. The Labute approximate surface area is 151 Å². The first kappa shape index (κ1) is 17.8. The van der Waals surface area contributed by atoms with Gasteiger partial charge in [-0.15, -0.1) is 11.8 Å². The zero-order valence-electron chi connectivity index (χ0n) is 14.4. The van der Waals surface area contributed by atoms with Crippen LogP contribution in [0, 0.1) is 5.92 Å². The Hall–Kier alpha value is -2.02. The van der Waals surface area contributed by atoms with Crippen LogP contribution in [-0.2, 0) is 14.3 Å². The van der Waals surface area contributed by atoms with Crippen LogP contribution in [0.1, 0.15) is 37.0 Å². The summed E-state index contributed by atoms with van der Waals surface area (Å²) in [4.78, 5) is 39.3. The Bertz CT molecular complexity index is 706. The molecule has 2 aliphatic rings. The van der Waals surface area contributed by atoms with Crippen molar-refractivity contribution in [1.29, 1.82) is 0 Å². The predicted molar refractivity (Wildman–Crippen MR) is 95.7 cm³/mol. The molecule has 6 nitrogen and oxygen atoms in total. The standard InChI is InChI=1S/C18H22N2O4S/c1-3-24-18(23)13-5-4-8-20(10-13)17(22)12-6-7-15-14(9-12)19-16(21)11(2)25-15/h6-7,9,11,13H,3-5,8,10H2,1-2H3,(H,19,21)/t11-,13-/m1/s1. The second-order valence-electron chi connectivity index (χ2n) is 6.30. The van der Waals surface area contributed by atoms with Crippen LogP contribution < -0.4 is 5.32 Å². The lowest BCUT2D eigenvalue weighted by Gasteiger charge is -2.32. The molecule has 0 radical (unpaired) electrons. The lowest BCUT2D eigenvalue weighted by Crippen LogP contribution is -2.42. The number of carbonyl (C=O) groups is 3. The zero-order chi connectivity index (χ0) is 18.0. The number of thioether (sulfide) groups is 1. The highest BCUT2D eigenvalue weighted by Gasteiger charge is 2.30. The van der Waals surface area contributed by atoms with Crippen LogP contribution in [0.4, 0.5) is 5.69 Å². The lowest BCUT2D eigenvalue weighted by molar-refractivity contribution is -0.149. The normalized spacial score (nSPS) is 22.8. The molecule has 0 spiro atoms. The Balaban J connectivity index is 1.74. The van der Waals surface area contributed by atoms with Gasteiger partial charge in [0.2, 0.25) is 5.91 Å². The van der Waals surface area contributed by atoms with Gasteiger partial charge < -0.3 is 15.0 Å². The van der Waals surface area contributed by atoms with Crippen molar-refractivity contribution in [3.8, 4) is 0 Å². The summed E-state index contributed by atoms with van der Waals surface area (Å²) in [5, 5.41) is 2.71. The third-order valence-electron chi connectivity index (χ3n) is 4.49. The van der Waals surface area contributed by atoms with Crippen molar-refractivity contribution in [2.75, 3.05) is 25.0 Å². The number of fused-ring (bicyclic) bond motifs is 1. The average Bonchev–Trinajstić information content (AvgIpc) is 2.62. The van der Waals surface area contributed by atoms with E-state index in [9.17, 15) is 14.4 Å². The van der Waals surface area contributed by atoms with Gasteiger partial charge in [-0.25, -0.2) is 0 Å². The first-order chi connectivity index (χ1) is 12.0. The monoisotopic (exact) mass is 362 g/mol. The van der Waals surface area contributed by atoms with Crippen molar-refractivity contribution in [2.45, 2.75) is 36.8 Å². The molecule has 2 heterocycles. The highest BCUT2D eigenvalue weighted by molar-refractivity contribution is 8.00. The van der Waals surface area contributed by atoms with Gasteiger partial charge >= 0.3 is 5.97 Å². The van der Waals surface area contributed by atoms with Crippen LogP contribution in [0.15, 0.2) is 23.1 Å². The number of benzene rings is 1. The van der Waals surface area contributed by atoms with E-state index >= 15 is 0 Å². The van der Waals surface area contributed by atoms with Gasteiger partial charge in [0.25, 0.3) is 5.91 Å². The molecule has 1 fully saturated rings. The van der Waals surface area contributed by atoms with Gasteiger partial charge in [-0.2, -0.15) is 0 Å². The second-order valence-corrected chi connectivity index (χ2v) is 7.69. The van der Waals surface area contributed by atoms with Crippen LogP contribution in [0.5, 0.6) is 0 Å². The summed E-state index contributed by atoms with van der Waals surface area (Å²) < 4.78 is 5.08. The number of nitrogens with zero attached hydrogens (tertiary/aromatic N) is 1. The van der Waals surface area contributed by atoms with Crippen molar-refractivity contribution in [2.24, 2.45) is 5.92 Å². The number of piperidine rings is 1. The van der Waals surface area contributed by atoms with Gasteiger partial charge in [0.05, 0.1) is 23.5 Å². The molecule has 1 saturated heterocycles. The molecule has 2 atom stereocenters. The van der Waals surface area contributed by atoms with Crippen LogP contribution >= 0.6 is 11.8 Å². The highest BCUT2D eigenvalue weighted by Crippen LogP contribution is 2.36. The Morgan fingerprint density at radius 1 is 1.40 bits per heavy atom. The molecule has 0 bridgehead atoms. The number of anilines is 1. The molecule has 7 heteroatoms. The van der Waals surface area contributed by atoms with E-state index in [4.69, 9.17) is 4.74 Å². The fourth-order valence-corrected chi connectivity index (χ4v) is 4.07. The highest BCUT2D eigenvalue weighted by atomic mass is 32.2. The first-order valence-corrected chi connectivity index (χ1v) is 9.45. The van der Waals surface area contributed by atoms with Gasteiger partial charge in [-0.05, 0) is 44.9 Å². The van der Waals surface area contributed by atoms with Crippen LogP contribution in [0.3, 0.4) is 0 Å². The van der Waals surface area contributed by atoms with E-state index in [-0.39, 0.29) is 29.0 Å². The van der Waals surface area contributed by atoms with Gasteiger partial charge in [0.15, 0.2) is 0 Å². The van der Waals surface area contributed by atoms with Crippen molar-refractivity contribution < 1.29 is 19.1 Å². The van der Waals surface area contributed by atoms with E-state index in [1.54, 1.807) is 24.0 Å². The predicted octanol–water partition coefficient (Wildman–Crippen LogP) is 2.53. The molecule has 0 saturated carbocycles. The van der Waals surface area contributed by atoms with Crippen LogP contribution in [0.25, 0.3) is 0 Å². The molecule has 1 N–H and O–H groups in total. The summed E-state index contributed by atoms with van der Waals surface area (Å²) in [6.45, 7) is 5.00. The second kappa shape index (κ2) is 7.47. The molecular weight excluding hydrogens is 340 g/mol. The number of hydrogen-bond donors (Lipinski definition) is 1. The minimum Gasteiger partial charge on any atom is -0.466 e. The zero-order valence-corrected chi connectivity index (χ0v) is 15.2. The number of nitrogens with one attached hydrogen (secondary N) is 1. The SMILES string of the molecule is CCOC(=O)[C@@H]1CCCN(C(=O)c2ccc3c(c2)NC(=O)[C@@H](C)S3)C1. The minimum atomic E-state index is -0.258. The maximum atomic E-state index is 12.8. The van der Waals surface area contributed by atoms with Crippen molar-refractivity contribution in [3.05, 3.63) is 23.8 Å². The third kappa shape index (κ3) is 3.81. The summed E-state index contributed by atoms with van der Waals surface area (Å²) in [5.41, 5.74) is 1.21. The fourth-order valence-electron chi connectivity index (χ4n) is 3.14. The molecule has 134 valence electrons. The maximum absolute atomic E-state index is 12.8. The fraction of sp³-hybridized carbons (Fsp3) is 0.500. The van der Waals surface area contributed by atoms with E-state index in [2.05, 4.69) is 5.32 Å². The quantitative estimate of drug-likeness (QED) is 0.836. The topological polar surface area (TPSA) is 75.7 Å². The molecule has 3 rings (SSSR count). The molecule has 0 aromatic heterocycles. The van der Waals surface area contributed by atoms with Gasteiger partial charge in [0.1, 0.15) is 0 Å². The number of esters is 1. The van der Waals surface area contributed by atoms with Gasteiger partial charge in [-0.3, -0.25) is 14.4 Å². The molecular formula is C18H22N2O4S. The maximum Gasteiger partial charge on any atom is 0.310 e. The summed E-state index contributed by atoms with van der Waals surface area (Å²) in [6.07, 6.45) is 1.53. The third-order valence-corrected chi connectivity index (χ3v) is 5.66. The van der Waals surface area contributed by atoms with Crippen LogP contribution in [0.2, 0.25) is 0 Å². The number of hydrogen-bond acceptors (Lipinski definition) is 5. The minimum absolute atomic E-state index is 0.0533. The van der Waals surface area contributed by atoms with Crippen molar-refractivity contribution >= 4 is 35.2 Å². The Kier molecular flexibility index (Phi) is 5.32. The van der Waals surface area contributed by atoms with E-state index < -0.39 is 0 Å². The average molecular weight is 362 g/mol. The van der Waals surface area contributed by atoms with Crippen molar-refractivity contribution in [3.63, 3.8) is 0 Å². The summed E-state index contributed by atoms with van der Waals surface area (Å²) >= 11 is 1.49. The molecule has 0 unspecified atom stereocenters. The number of amides is 2. The largest absolute Gasteiger partial charge is 0.466 e. The molecule has 1 aromatic carbocycles. The van der Waals surface area contributed by atoms with Crippen LogP contribution in [-0.4, -0.2) is 47.6 Å². The lowest BCUT2D eigenvalue weighted by atomic mass is 9.97. The van der Waals surface area contributed by atoms with E-state index in [1.165, 1.54) is 11.8 Å². The molecule has 0 aliphatic carbocycles. The van der Waals surface area contributed by atoms with Gasteiger partial charge in [0, 0.05) is 23.5 Å². The van der Waals surface area contributed by atoms with E-state index in [0.717, 1.165) is 17.7 Å². The number of ether oxygens (including phenoxy) is 1. The molecule has 2 amide bonds. The molecule has 25 heavy (non-hydrogen) atoms. The van der Waals surface area contributed by atoms with E-state index in [0.29, 0.717) is 30.9 Å². The van der Waals surface area contributed by atoms with Gasteiger partial charge in [-0.1, -0.05) is 0 Å². The molecule has 1 aromatic rings. The Morgan fingerprint density at radius 2 is 2.20 bits per heavy atom. The number of likely N-dealkylation sites (tertiary alicyclic amines) is 1.